The van der Waals surface area contributed by atoms with Crippen molar-refractivity contribution in [1.82, 2.24) is 25.0 Å². The van der Waals surface area contributed by atoms with Crippen molar-refractivity contribution < 1.29 is 9.59 Å². The molecule has 38 heavy (non-hydrogen) atoms. The number of amides is 2. The van der Waals surface area contributed by atoms with Crippen molar-refractivity contribution in [3.05, 3.63) is 48.2 Å². The first-order valence-electron chi connectivity index (χ1n) is 13.8. The summed E-state index contributed by atoms with van der Waals surface area (Å²) in [4.78, 5) is 33.0. The van der Waals surface area contributed by atoms with E-state index in [1.807, 2.05) is 12.1 Å². The number of piperidine rings is 2. The largest absolute Gasteiger partial charge is 0.364 e. The fourth-order valence-electron chi connectivity index (χ4n) is 6.09. The first kappa shape index (κ1) is 26.1. The van der Waals surface area contributed by atoms with E-state index in [-0.39, 0.29) is 29.4 Å². The zero-order valence-corrected chi connectivity index (χ0v) is 21.9. The van der Waals surface area contributed by atoms with E-state index in [2.05, 4.69) is 49.4 Å². The van der Waals surface area contributed by atoms with E-state index < -0.39 is 5.91 Å². The lowest BCUT2D eigenvalue weighted by atomic mass is 9.88. The van der Waals surface area contributed by atoms with Crippen molar-refractivity contribution in [3.8, 4) is 0 Å². The Hall–Kier alpha value is -3.53. The number of aromatic nitrogens is 3. The Balaban J connectivity index is 1.23. The number of nitrogens with one attached hydrogen (secondary N) is 2. The number of nitrogens with two attached hydrogens (primary N) is 1. The van der Waals surface area contributed by atoms with Crippen LogP contribution in [0.15, 0.2) is 36.9 Å². The van der Waals surface area contributed by atoms with Gasteiger partial charge in [-0.1, -0.05) is 31.6 Å². The molecule has 0 bridgehead atoms. The van der Waals surface area contributed by atoms with Crippen LogP contribution in [0, 0.1) is 0 Å². The molecule has 1 aromatic heterocycles. The molecule has 10 nitrogen and oxygen atoms in total. The molecule has 4 N–H and O–H groups in total. The van der Waals surface area contributed by atoms with Crippen molar-refractivity contribution >= 4 is 29.3 Å². The molecule has 1 atom stereocenters. The maximum Gasteiger partial charge on any atom is 0.273 e. The number of benzene rings is 1. The number of primary amides is 1. The molecule has 0 unspecified atom stereocenters. The standard InChI is InChI=1S/C28H38N8O2/c1-2-24(37)36-15-5-6-22(18-36)31-28-32-27(25(26(29)38)33-34-28)30-21-11-9-19(10-12-21)20-13-16-35(17-14-20)23-7-3-4-8-23/h2,9-12,20,22-23H,1,3-8,13-18H2,(H2,29,38)(H2,30,31,32,34)/t22-/m1/s1. The van der Waals surface area contributed by atoms with E-state index in [1.165, 1.54) is 63.3 Å². The molecule has 3 fully saturated rings. The van der Waals surface area contributed by atoms with Gasteiger partial charge in [-0.05, 0) is 81.3 Å². The maximum atomic E-state index is 12.0. The number of likely N-dealkylation sites (tertiary alicyclic amines) is 2. The third-order valence-corrected chi connectivity index (χ3v) is 8.18. The van der Waals surface area contributed by atoms with Gasteiger partial charge in [0.1, 0.15) is 0 Å². The average Bonchev–Trinajstić information content (AvgIpc) is 3.49. The molecular formula is C28H38N8O2. The second-order valence-corrected chi connectivity index (χ2v) is 10.7. The summed E-state index contributed by atoms with van der Waals surface area (Å²) in [5, 5.41) is 14.5. The summed E-state index contributed by atoms with van der Waals surface area (Å²) in [6.45, 7) is 7.16. The second-order valence-electron chi connectivity index (χ2n) is 10.7. The zero-order chi connectivity index (χ0) is 26.5. The quantitative estimate of drug-likeness (QED) is 0.453. The molecule has 1 aliphatic carbocycles. The van der Waals surface area contributed by atoms with Crippen molar-refractivity contribution in [3.63, 3.8) is 0 Å². The van der Waals surface area contributed by atoms with Gasteiger partial charge in [-0.25, -0.2) is 0 Å². The molecule has 1 aromatic carbocycles. The summed E-state index contributed by atoms with van der Waals surface area (Å²) in [6.07, 6.45) is 10.9. The number of carbonyl (C=O) groups is 2. The number of rotatable bonds is 8. The van der Waals surface area contributed by atoms with Crippen LogP contribution in [0.1, 0.15) is 73.3 Å². The van der Waals surface area contributed by atoms with Crippen LogP contribution in [-0.2, 0) is 4.79 Å². The third kappa shape index (κ3) is 6.12. The minimum atomic E-state index is -0.704. The molecule has 10 heteroatoms. The molecule has 2 aliphatic heterocycles. The average molecular weight is 519 g/mol. The van der Waals surface area contributed by atoms with Gasteiger partial charge in [0, 0.05) is 30.9 Å². The molecular weight excluding hydrogens is 480 g/mol. The molecule has 3 aliphatic rings. The summed E-state index contributed by atoms with van der Waals surface area (Å²) in [7, 11) is 0. The van der Waals surface area contributed by atoms with Gasteiger partial charge in [-0.15, -0.1) is 10.2 Å². The Kier molecular flexibility index (Phi) is 8.17. The topological polar surface area (TPSA) is 129 Å². The molecule has 2 saturated heterocycles. The summed E-state index contributed by atoms with van der Waals surface area (Å²) < 4.78 is 0. The Bertz CT molecular complexity index is 1140. The van der Waals surface area contributed by atoms with Crippen molar-refractivity contribution in [2.45, 2.75) is 69.4 Å². The lowest BCUT2D eigenvalue weighted by Crippen LogP contribution is -2.44. The molecule has 202 valence electrons. The molecule has 2 amide bonds. The Morgan fingerprint density at radius 3 is 2.39 bits per heavy atom. The predicted molar refractivity (Wildman–Crippen MR) is 147 cm³/mol. The van der Waals surface area contributed by atoms with Crippen LogP contribution >= 0.6 is 0 Å². The van der Waals surface area contributed by atoms with E-state index in [0.29, 0.717) is 19.0 Å². The van der Waals surface area contributed by atoms with Crippen molar-refractivity contribution in [1.29, 1.82) is 0 Å². The lowest BCUT2D eigenvalue weighted by molar-refractivity contribution is -0.127. The number of hydrogen-bond donors (Lipinski definition) is 3. The number of hydrogen-bond acceptors (Lipinski definition) is 8. The lowest BCUT2D eigenvalue weighted by Gasteiger charge is -2.36. The van der Waals surface area contributed by atoms with Crippen LogP contribution in [0.5, 0.6) is 0 Å². The molecule has 3 heterocycles. The van der Waals surface area contributed by atoms with Gasteiger partial charge in [-0.3, -0.25) is 9.59 Å². The third-order valence-electron chi connectivity index (χ3n) is 8.18. The molecule has 5 rings (SSSR count). The summed E-state index contributed by atoms with van der Waals surface area (Å²) in [5.74, 6) is 0.306. The summed E-state index contributed by atoms with van der Waals surface area (Å²) in [6, 6.07) is 9.11. The highest BCUT2D eigenvalue weighted by atomic mass is 16.2. The second kappa shape index (κ2) is 11.9. The van der Waals surface area contributed by atoms with E-state index >= 15 is 0 Å². The zero-order valence-electron chi connectivity index (χ0n) is 21.9. The summed E-state index contributed by atoms with van der Waals surface area (Å²) >= 11 is 0. The van der Waals surface area contributed by atoms with E-state index in [9.17, 15) is 9.59 Å². The number of nitrogens with zero attached hydrogens (tertiary/aromatic N) is 5. The van der Waals surface area contributed by atoms with Gasteiger partial charge in [0.15, 0.2) is 11.5 Å². The molecule has 0 spiro atoms. The fourth-order valence-corrected chi connectivity index (χ4v) is 6.09. The minimum Gasteiger partial charge on any atom is -0.364 e. The van der Waals surface area contributed by atoms with Gasteiger partial charge in [0.25, 0.3) is 5.91 Å². The highest BCUT2D eigenvalue weighted by molar-refractivity contribution is 5.96. The van der Waals surface area contributed by atoms with Gasteiger partial charge in [0.05, 0.1) is 0 Å². The first-order valence-corrected chi connectivity index (χ1v) is 13.8. The van der Waals surface area contributed by atoms with Gasteiger partial charge in [-0.2, -0.15) is 4.98 Å². The van der Waals surface area contributed by atoms with Crippen molar-refractivity contribution in [2.75, 3.05) is 36.8 Å². The van der Waals surface area contributed by atoms with Crippen LogP contribution < -0.4 is 16.4 Å². The Labute approximate surface area is 224 Å². The van der Waals surface area contributed by atoms with Crippen LogP contribution in [0.2, 0.25) is 0 Å². The highest BCUT2D eigenvalue weighted by Gasteiger charge is 2.28. The van der Waals surface area contributed by atoms with Crippen LogP contribution in [0.3, 0.4) is 0 Å². The molecule has 1 saturated carbocycles. The smallest absolute Gasteiger partial charge is 0.273 e. The van der Waals surface area contributed by atoms with Crippen LogP contribution in [0.25, 0.3) is 0 Å². The Morgan fingerprint density at radius 1 is 0.974 bits per heavy atom. The maximum absolute atomic E-state index is 12.0. The fraction of sp³-hybridized carbons (Fsp3) is 0.536. The van der Waals surface area contributed by atoms with E-state index in [1.54, 1.807) is 4.90 Å². The minimum absolute atomic E-state index is 0.0222. The van der Waals surface area contributed by atoms with E-state index in [0.717, 1.165) is 24.6 Å². The Morgan fingerprint density at radius 2 is 1.71 bits per heavy atom. The van der Waals surface area contributed by atoms with Crippen LogP contribution in [0.4, 0.5) is 17.5 Å². The number of carbonyl (C=O) groups excluding carboxylic acids is 2. The molecule has 2 aromatic rings. The number of anilines is 3. The van der Waals surface area contributed by atoms with Gasteiger partial charge < -0.3 is 26.2 Å². The normalized spacial score (nSPS) is 21.3. The highest BCUT2D eigenvalue weighted by Crippen LogP contribution is 2.33. The van der Waals surface area contributed by atoms with Crippen molar-refractivity contribution in [2.24, 2.45) is 5.73 Å². The predicted octanol–water partition coefficient (Wildman–Crippen LogP) is 3.43. The SMILES string of the molecule is C=CC(=O)N1CCC[C@@H](Nc2nnc(C(N)=O)c(Nc3ccc(C4CCN(C5CCCC5)CC4)cc3)n2)C1. The van der Waals surface area contributed by atoms with Gasteiger partial charge in [0.2, 0.25) is 11.9 Å². The van der Waals surface area contributed by atoms with E-state index in [4.69, 9.17) is 5.73 Å². The molecule has 0 radical (unpaired) electrons. The van der Waals surface area contributed by atoms with Gasteiger partial charge >= 0.3 is 0 Å². The monoisotopic (exact) mass is 518 g/mol. The first-order chi connectivity index (χ1) is 18.5. The summed E-state index contributed by atoms with van der Waals surface area (Å²) in [5.41, 5.74) is 7.67. The van der Waals surface area contributed by atoms with Crippen LogP contribution in [-0.4, -0.2) is 75.1 Å².